The SMILES string of the molecule is NC(=S)CN1CCN(CCN2CCOCC2)CC1. The Hall–Kier alpha value is -0.270. The highest BCUT2D eigenvalue weighted by Crippen LogP contribution is 2.03. The largest absolute Gasteiger partial charge is 0.392 e. The van der Waals surface area contributed by atoms with Crippen LogP contribution in [0.15, 0.2) is 0 Å². The van der Waals surface area contributed by atoms with Gasteiger partial charge in [-0.25, -0.2) is 0 Å². The summed E-state index contributed by atoms with van der Waals surface area (Å²) in [5, 5.41) is 0. The lowest BCUT2D eigenvalue weighted by Crippen LogP contribution is -2.50. The molecule has 0 bridgehead atoms. The van der Waals surface area contributed by atoms with Crippen molar-refractivity contribution in [1.82, 2.24) is 14.7 Å². The molecule has 2 N–H and O–H groups in total. The second-order valence-corrected chi connectivity index (χ2v) is 5.56. The highest BCUT2D eigenvalue weighted by molar-refractivity contribution is 7.80. The van der Waals surface area contributed by atoms with E-state index in [4.69, 9.17) is 22.7 Å². The van der Waals surface area contributed by atoms with Crippen LogP contribution < -0.4 is 5.73 Å². The predicted molar refractivity (Wildman–Crippen MR) is 76.9 cm³/mol. The molecule has 0 aromatic carbocycles. The van der Waals surface area contributed by atoms with E-state index in [9.17, 15) is 0 Å². The minimum Gasteiger partial charge on any atom is -0.392 e. The van der Waals surface area contributed by atoms with Gasteiger partial charge >= 0.3 is 0 Å². The van der Waals surface area contributed by atoms with Crippen molar-refractivity contribution < 1.29 is 4.74 Å². The third-order valence-corrected chi connectivity index (χ3v) is 3.81. The number of hydrogen-bond donors (Lipinski definition) is 1. The smallest absolute Gasteiger partial charge is 0.0870 e. The van der Waals surface area contributed by atoms with E-state index in [-0.39, 0.29) is 0 Å². The Morgan fingerprint density at radius 1 is 0.889 bits per heavy atom. The lowest BCUT2D eigenvalue weighted by molar-refractivity contribution is 0.0304. The van der Waals surface area contributed by atoms with Crippen molar-refractivity contribution in [2.24, 2.45) is 5.73 Å². The van der Waals surface area contributed by atoms with Gasteiger partial charge in [0.05, 0.1) is 18.2 Å². The molecule has 2 fully saturated rings. The zero-order chi connectivity index (χ0) is 12.8. The van der Waals surface area contributed by atoms with Gasteiger partial charge in [0.15, 0.2) is 0 Å². The molecule has 0 atom stereocenters. The number of ether oxygens (including phenoxy) is 1. The van der Waals surface area contributed by atoms with Crippen LogP contribution in [0, 0.1) is 0 Å². The average molecular weight is 272 g/mol. The molecule has 2 aliphatic heterocycles. The third-order valence-electron chi connectivity index (χ3n) is 3.68. The highest BCUT2D eigenvalue weighted by Gasteiger charge is 2.18. The summed E-state index contributed by atoms with van der Waals surface area (Å²) in [7, 11) is 0. The zero-order valence-corrected chi connectivity index (χ0v) is 11.8. The molecule has 2 aliphatic rings. The molecule has 6 heteroatoms. The quantitative estimate of drug-likeness (QED) is 0.663. The summed E-state index contributed by atoms with van der Waals surface area (Å²) < 4.78 is 5.36. The normalized spacial score (nSPS) is 24.2. The molecular formula is C12H24N4OS. The Morgan fingerprint density at radius 3 is 1.94 bits per heavy atom. The molecule has 0 saturated carbocycles. The fourth-order valence-corrected chi connectivity index (χ4v) is 2.68. The average Bonchev–Trinajstić information content (AvgIpc) is 2.38. The summed E-state index contributed by atoms with van der Waals surface area (Å²) in [4.78, 5) is 7.97. The van der Waals surface area contributed by atoms with Crippen LogP contribution >= 0.6 is 12.2 Å². The Bertz CT molecular complexity index is 263. The van der Waals surface area contributed by atoms with Gasteiger partial charge in [0, 0.05) is 58.9 Å². The first-order chi connectivity index (χ1) is 8.74. The number of nitrogens with two attached hydrogens (primary N) is 1. The molecule has 5 nitrogen and oxygen atoms in total. The van der Waals surface area contributed by atoms with Crippen molar-refractivity contribution in [3.8, 4) is 0 Å². The van der Waals surface area contributed by atoms with Crippen LogP contribution in [0.2, 0.25) is 0 Å². The van der Waals surface area contributed by atoms with Crippen LogP contribution in [0.1, 0.15) is 0 Å². The van der Waals surface area contributed by atoms with Crippen LogP contribution in [-0.2, 0) is 4.74 Å². The van der Waals surface area contributed by atoms with Crippen molar-refractivity contribution in [1.29, 1.82) is 0 Å². The molecule has 104 valence electrons. The summed E-state index contributed by atoms with van der Waals surface area (Å²) in [5.74, 6) is 0. The van der Waals surface area contributed by atoms with Gasteiger partial charge in [-0.2, -0.15) is 0 Å². The number of morpholine rings is 1. The van der Waals surface area contributed by atoms with E-state index in [1.54, 1.807) is 0 Å². The first-order valence-corrected chi connectivity index (χ1v) is 7.18. The maximum absolute atomic E-state index is 5.57. The summed E-state index contributed by atoms with van der Waals surface area (Å²) in [6, 6.07) is 0. The molecule has 0 amide bonds. The molecule has 0 aromatic rings. The van der Waals surface area contributed by atoms with Crippen LogP contribution in [0.25, 0.3) is 0 Å². The van der Waals surface area contributed by atoms with Gasteiger partial charge in [0.1, 0.15) is 0 Å². The molecule has 2 heterocycles. The minimum absolute atomic E-state index is 0.608. The van der Waals surface area contributed by atoms with Crippen molar-refractivity contribution >= 4 is 17.2 Å². The molecule has 0 unspecified atom stereocenters. The summed E-state index contributed by atoms with van der Waals surface area (Å²) in [6.45, 7) is 11.5. The number of piperazine rings is 1. The van der Waals surface area contributed by atoms with E-state index in [1.807, 2.05) is 0 Å². The van der Waals surface area contributed by atoms with E-state index in [2.05, 4.69) is 14.7 Å². The summed E-state index contributed by atoms with van der Waals surface area (Å²) in [6.07, 6.45) is 0. The Balaban J connectivity index is 1.59. The Labute approximate surface area is 115 Å². The number of nitrogens with zero attached hydrogens (tertiary/aromatic N) is 3. The van der Waals surface area contributed by atoms with Crippen molar-refractivity contribution in [3.05, 3.63) is 0 Å². The lowest BCUT2D eigenvalue weighted by atomic mass is 10.3. The number of hydrogen-bond acceptors (Lipinski definition) is 5. The van der Waals surface area contributed by atoms with Crippen LogP contribution in [0.5, 0.6) is 0 Å². The molecular weight excluding hydrogens is 248 g/mol. The fourth-order valence-electron chi connectivity index (χ4n) is 2.50. The van der Waals surface area contributed by atoms with E-state index in [0.717, 1.165) is 59.0 Å². The molecule has 0 aliphatic carbocycles. The molecule has 0 spiro atoms. The van der Waals surface area contributed by atoms with Gasteiger partial charge in [-0.3, -0.25) is 14.7 Å². The topological polar surface area (TPSA) is 45.0 Å². The van der Waals surface area contributed by atoms with Gasteiger partial charge < -0.3 is 10.5 Å². The Kier molecular flexibility index (Phi) is 5.78. The number of rotatable bonds is 5. The van der Waals surface area contributed by atoms with E-state index < -0.39 is 0 Å². The molecule has 2 saturated heterocycles. The van der Waals surface area contributed by atoms with E-state index in [0.29, 0.717) is 4.99 Å². The van der Waals surface area contributed by atoms with Crippen molar-refractivity contribution in [2.75, 3.05) is 72.1 Å². The van der Waals surface area contributed by atoms with Gasteiger partial charge in [-0.05, 0) is 0 Å². The van der Waals surface area contributed by atoms with Gasteiger partial charge in [-0.1, -0.05) is 12.2 Å². The zero-order valence-electron chi connectivity index (χ0n) is 11.0. The third kappa shape index (κ3) is 4.78. The van der Waals surface area contributed by atoms with Crippen LogP contribution in [0.4, 0.5) is 0 Å². The number of thiocarbonyl (C=S) groups is 1. The second-order valence-electron chi connectivity index (χ2n) is 5.04. The van der Waals surface area contributed by atoms with Crippen molar-refractivity contribution in [2.45, 2.75) is 0 Å². The first-order valence-electron chi connectivity index (χ1n) is 6.77. The molecule has 0 radical (unpaired) electrons. The molecule has 0 aromatic heterocycles. The van der Waals surface area contributed by atoms with Crippen LogP contribution in [0.3, 0.4) is 0 Å². The van der Waals surface area contributed by atoms with E-state index in [1.165, 1.54) is 13.1 Å². The highest BCUT2D eigenvalue weighted by atomic mass is 32.1. The summed E-state index contributed by atoms with van der Waals surface area (Å²) in [5.41, 5.74) is 5.57. The second kappa shape index (κ2) is 7.35. The first kappa shape index (κ1) is 14.1. The molecule has 2 rings (SSSR count). The minimum atomic E-state index is 0.608. The van der Waals surface area contributed by atoms with Gasteiger partial charge in [-0.15, -0.1) is 0 Å². The lowest BCUT2D eigenvalue weighted by Gasteiger charge is -2.36. The van der Waals surface area contributed by atoms with E-state index >= 15 is 0 Å². The Morgan fingerprint density at radius 2 is 1.39 bits per heavy atom. The maximum atomic E-state index is 5.57. The monoisotopic (exact) mass is 272 g/mol. The van der Waals surface area contributed by atoms with Gasteiger partial charge in [0.2, 0.25) is 0 Å². The standard InChI is InChI=1S/C12H24N4OS/c13-12(18)11-16-5-3-14(4-6-16)1-2-15-7-9-17-10-8-15/h1-11H2,(H2,13,18). The van der Waals surface area contributed by atoms with Crippen LogP contribution in [-0.4, -0.2) is 91.8 Å². The predicted octanol–water partition coefficient (Wildman–Crippen LogP) is -0.778. The fraction of sp³-hybridized carbons (Fsp3) is 0.917. The molecule has 18 heavy (non-hydrogen) atoms. The van der Waals surface area contributed by atoms with Gasteiger partial charge in [0.25, 0.3) is 0 Å². The maximum Gasteiger partial charge on any atom is 0.0870 e. The van der Waals surface area contributed by atoms with Crippen molar-refractivity contribution in [3.63, 3.8) is 0 Å². The summed E-state index contributed by atoms with van der Waals surface area (Å²) >= 11 is 4.95.